The third-order valence-electron chi connectivity index (χ3n) is 2.35. The second kappa shape index (κ2) is 5.24. The average molecular weight is 280 g/mol. The Balaban J connectivity index is 2.42. The minimum absolute atomic E-state index is 0.0668. The van der Waals surface area contributed by atoms with Gasteiger partial charge in [0.15, 0.2) is 5.03 Å². The van der Waals surface area contributed by atoms with Gasteiger partial charge in [-0.2, -0.15) is 5.10 Å². The summed E-state index contributed by atoms with van der Waals surface area (Å²) in [6, 6.07) is 4.66. The molecule has 9 heteroatoms. The monoisotopic (exact) mass is 280 g/mol. The fraction of sp³-hybridized carbons (Fsp3) is 0.200. The van der Waals surface area contributed by atoms with Crippen LogP contribution in [0.3, 0.4) is 0 Å². The first-order chi connectivity index (χ1) is 9.01. The number of nitrogens with two attached hydrogens (primary N) is 1. The summed E-state index contributed by atoms with van der Waals surface area (Å²) in [6.07, 6.45) is 0. The van der Waals surface area contributed by atoms with Crippen molar-refractivity contribution in [1.82, 2.24) is 14.8 Å². The van der Waals surface area contributed by atoms with Gasteiger partial charge in [-0.25, -0.2) is 10.8 Å². The first-order valence-electron chi connectivity index (χ1n) is 5.32. The summed E-state index contributed by atoms with van der Waals surface area (Å²) in [4.78, 5) is 14.6. The lowest BCUT2D eigenvalue weighted by atomic mass is 10.4. The van der Waals surface area contributed by atoms with E-state index in [1.807, 2.05) is 13.0 Å². The Kier molecular flexibility index (Phi) is 3.67. The highest BCUT2D eigenvalue weighted by Crippen LogP contribution is 2.34. The molecule has 100 valence electrons. The Hall–Kier alpha value is -2.13. The highest BCUT2D eigenvalue weighted by molar-refractivity contribution is 7.99. The van der Waals surface area contributed by atoms with E-state index in [1.165, 1.54) is 23.9 Å². The maximum absolute atomic E-state index is 11.0. The van der Waals surface area contributed by atoms with Crippen molar-refractivity contribution in [1.29, 1.82) is 0 Å². The van der Waals surface area contributed by atoms with Crippen LogP contribution in [0.1, 0.15) is 5.69 Å². The van der Waals surface area contributed by atoms with Gasteiger partial charge in [0.2, 0.25) is 0 Å². The van der Waals surface area contributed by atoms with Crippen LogP contribution in [0.2, 0.25) is 0 Å². The van der Waals surface area contributed by atoms with Crippen LogP contribution in [-0.4, -0.2) is 19.7 Å². The number of hydrazine groups is 1. The molecular weight excluding hydrogens is 268 g/mol. The minimum atomic E-state index is -0.473. The standard InChI is InChI=1S/C10H12N6O2S/c1-6-5-9(15(2)14-6)19-10-7(16(17)18)3-4-8(12-10)13-11/h3-5H,11H2,1-2H3,(H,12,13). The molecule has 0 atom stereocenters. The van der Waals surface area contributed by atoms with Gasteiger partial charge in [-0.1, -0.05) is 0 Å². The quantitative estimate of drug-likeness (QED) is 0.495. The van der Waals surface area contributed by atoms with Gasteiger partial charge in [0, 0.05) is 13.1 Å². The normalized spacial score (nSPS) is 10.5. The summed E-state index contributed by atoms with van der Waals surface area (Å²) < 4.78 is 1.65. The molecule has 0 saturated heterocycles. The molecule has 8 nitrogen and oxygen atoms in total. The molecule has 0 bridgehead atoms. The van der Waals surface area contributed by atoms with E-state index in [-0.39, 0.29) is 10.7 Å². The molecule has 0 unspecified atom stereocenters. The maximum Gasteiger partial charge on any atom is 0.301 e. The molecule has 3 N–H and O–H groups in total. The highest BCUT2D eigenvalue weighted by atomic mass is 32.2. The summed E-state index contributed by atoms with van der Waals surface area (Å²) in [6.45, 7) is 1.85. The molecule has 0 saturated carbocycles. The van der Waals surface area contributed by atoms with Crippen LogP contribution < -0.4 is 11.3 Å². The Morgan fingerprint density at radius 3 is 2.79 bits per heavy atom. The molecule has 2 aromatic rings. The number of anilines is 1. The van der Waals surface area contributed by atoms with E-state index in [0.717, 1.165) is 10.7 Å². The maximum atomic E-state index is 11.0. The number of hydrogen-bond acceptors (Lipinski definition) is 7. The molecule has 0 aromatic carbocycles. The van der Waals surface area contributed by atoms with E-state index >= 15 is 0 Å². The molecule has 0 aliphatic carbocycles. The first kappa shape index (κ1) is 13.3. The van der Waals surface area contributed by atoms with E-state index < -0.39 is 4.92 Å². The van der Waals surface area contributed by atoms with Gasteiger partial charge in [-0.3, -0.25) is 14.8 Å². The van der Waals surface area contributed by atoms with Gasteiger partial charge in [0.1, 0.15) is 10.8 Å². The zero-order valence-electron chi connectivity index (χ0n) is 10.3. The number of hydrogen-bond donors (Lipinski definition) is 2. The lowest BCUT2D eigenvalue weighted by Crippen LogP contribution is -2.09. The van der Waals surface area contributed by atoms with Gasteiger partial charge >= 0.3 is 5.69 Å². The van der Waals surface area contributed by atoms with E-state index in [9.17, 15) is 10.1 Å². The summed E-state index contributed by atoms with van der Waals surface area (Å²) in [5.41, 5.74) is 3.14. The molecule has 0 radical (unpaired) electrons. The molecule has 0 spiro atoms. The van der Waals surface area contributed by atoms with Gasteiger partial charge in [0.05, 0.1) is 10.6 Å². The van der Waals surface area contributed by atoms with Crippen molar-refractivity contribution < 1.29 is 4.92 Å². The van der Waals surface area contributed by atoms with Gasteiger partial charge in [-0.15, -0.1) is 0 Å². The van der Waals surface area contributed by atoms with Crippen molar-refractivity contribution in [2.75, 3.05) is 5.43 Å². The summed E-state index contributed by atoms with van der Waals surface area (Å²) in [7, 11) is 1.77. The number of rotatable bonds is 4. The number of nitro groups is 1. The summed E-state index contributed by atoms with van der Waals surface area (Å²) in [5, 5.41) is 16.2. The smallest absolute Gasteiger partial charge is 0.301 e. The molecule has 2 rings (SSSR count). The number of nitrogens with one attached hydrogen (secondary N) is 1. The van der Waals surface area contributed by atoms with Crippen LogP contribution >= 0.6 is 11.8 Å². The van der Waals surface area contributed by atoms with E-state index in [0.29, 0.717) is 5.82 Å². The van der Waals surface area contributed by atoms with Crippen molar-refractivity contribution in [3.63, 3.8) is 0 Å². The molecule has 19 heavy (non-hydrogen) atoms. The third kappa shape index (κ3) is 2.83. The van der Waals surface area contributed by atoms with Crippen LogP contribution in [0.4, 0.5) is 11.5 Å². The molecule has 2 heterocycles. The minimum Gasteiger partial charge on any atom is -0.308 e. The fourth-order valence-electron chi connectivity index (χ4n) is 1.51. The molecule has 0 amide bonds. The van der Waals surface area contributed by atoms with Crippen LogP contribution in [0, 0.1) is 17.0 Å². The number of pyridine rings is 1. The lowest BCUT2D eigenvalue weighted by Gasteiger charge is -2.04. The Labute approximate surface area is 113 Å². The van der Waals surface area contributed by atoms with E-state index in [4.69, 9.17) is 5.84 Å². The van der Waals surface area contributed by atoms with Crippen LogP contribution in [0.5, 0.6) is 0 Å². The van der Waals surface area contributed by atoms with Crippen molar-refractivity contribution in [3.8, 4) is 0 Å². The van der Waals surface area contributed by atoms with Gasteiger partial charge in [0.25, 0.3) is 0 Å². The Morgan fingerprint density at radius 1 is 1.53 bits per heavy atom. The highest BCUT2D eigenvalue weighted by Gasteiger charge is 2.18. The second-order valence-electron chi connectivity index (χ2n) is 3.77. The van der Waals surface area contributed by atoms with Gasteiger partial charge in [-0.05, 0) is 30.8 Å². The molecule has 0 aliphatic rings. The molecule has 0 aliphatic heterocycles. The topological polar surface area (TPSA) is 112 Å². The van der Waals surface area contributed by atoms with Crippen LogP contribution in [0.25, 0.3) is 0 Å². The van der Waals surface area contributed by atoms with Gasteiger partial charge < -0.3 is 5.43 Å². The fourth-order valence-corrected chi connectivity index (χ4v) is 2.50. The number of nitrogens with zero attached hydrogens (tertiary/aromatic N) is 4. The van der Waals surface area contributed by atoms with Crippen LogP contribution in [0.15, 0.2) is 28.3 Å². The predicted octanol–water partition coefficient (Wildman–Crippen LogP) is 1.47. The third-order valence-corrected chi connectivity index (χ3v) is 3.43. The molecule has 0 fully saturated rings. The SMILES string of the molecule is Cc1cc(Sc2nc(NN)ccc2[N+](=O)[O-])n(C)n1. The first-order valence-corrected chi connectivity index (χ1v) is 6.13. The predicted molar refractivity (Wildman–Crippen MR) is 70.8 cm³/mol. The van der Waals surface area contributed by atoms with Crippen LogP contribution in [-0.2, 0) is 7.05 Å². The van der Waals surface area contributed by atoms with Crippen molar-refractivity contribution in [2.45, 2.75) is 17.0 Å². The largest absolute Gasteiger partial charge is 0.308 e. The van der Waals surface area contributed by atoms with Crippen molar-refractivity contribution in [2.24, 2.45) is 12.9 Å². The Bertz CT molecular complexity index is 626. The molecular formula is C10H12N6O2S. The zero-order chi connectivity index (χ0) is 14.0. The van der Waals surface area contributed by atoms with E-state index in [2.05, 4.69) is 15.5 Å². The zero-order valence-corrected chi connectivity index (χ0v) is 11.1. The van der Waals surface area contributed by atoms with E-state index in [1.54, 1.807) is 11.7 Å². The van der Waals surface area contributed by atoms with Crippen molar-refractivity contribution >= 4 is 23.3 Å². The summed E-state index contributed by atoms with van der Waals surface area (Å²) >= 11 is 1.17. The average Bonchev–Trinajstić information content (AvgIpc) is 2.67. The van der Waals surface area contributed by atoms with Crippen molar-refractivity contribution in [3.05, 3.63) is 34.0 Å². The molecule has 2 aromatic heterocycles. The second-order valence-corrected chi connectivity index (χ2v) is 4.78. The lowest BCUT2D eigenvalue weighted by molar-refractivity contribution is -0.388. The number of nitrogen functional groups attached to an aromatic ring is 1. The summed E-state index contributed by atoms with van der Waals surface area (Å²) in [5.74, 6) is 5.63. The number of aryl methyl sites for hydroxylation is 2. The Morgan fingerprint density at radius 2 is 2.26 bits per heavy atom. The number of aromatic nitrogens is 3.